The van der Waals surface area contributed by atoms with E-state index >= 15 is 0 Å². The van der Waals surface area contributed by atoms with Crippen LogP contribution in [-0.2, 0) is 16.3 Å². The van der Waals surface area contributed by atoms with Crippen molar-refractivity contribution in [1.82, 2.24) is 4.98 Å². The summed E-state index contributed by atoms with van der Waals surface area (Å²) in [6.07, 6.45) is -4.52. The molecule has 0 saturated carbocycles. The van der Waals surface area contributed by atoms with Gasteiger partial charge in [0.2, 0.25) is 0 Å². The van der Waals surface area contributed by atoms with Crippen molar-refractivity contribution in [2.24, 2.45) is 0 Å². The molecule has 0 aliphatic rings. The quantitative estimate of drug-likeness (QED) is 0.438. The van der Waals surface area contributed by atoms with Crippen LogP contribution in [0.15, 0.2) is 50.5 Å². The molecule has 0 spiro atoms. The van der Waals surface area contributed by atoms with Crippen molar-refractivity contribution in [2.75, 3.05) is 0 Å². The number of halogens is 9. The summed E-state index contributed by atoms with van der Waals surface area (Å²) in [5.41, 5.74) is -0.110. The van der Waals surface area contributed by atoms with Crippen LogP contribution in [0.2, 0.25) is 0 Å². The van der Waals surface area contributed by atoms with Crippen molar-refractivity contribution in [3.05, 3.63) is 56.7 Å². The number of pyridine rings is 1. The van der Waals surface area contributed by atoms with E-state index in [1.54, 1.807) is 0 Å². The normalized spacial score (nSPS) is 13.6. The lowest BCUT2D eigenvalue weighted by Gasteiger charge is -2.28. The van der Waals surface area contributed by atoms with Gasteiger partial charge in [-0.25, -0.2) is 8.42 Å². The third-order valence-corrected chi connectivity index (χ3v) is 6.61. The number of sulfone groups is 1. The van der Waals surface area contributed by atoms with E-state index in [-0.39, 0.29) is 15.4 Å². The van der Waals surface area contributed by atoms with Gasteiger partial charge in [-0.1, -0.05) is 37.9 Å². The van der Waals surface area contributed by atoms with Gasteiger partial charge in [0.15, 0.2) is 0 Å². The molecular weight excluding hydrogens is 551 g/mol. The lowest BCUT2D eigenvalue weighted by Crippen LogP contribution is -2.56. The van der Waals surface area contributed by atoms with Crippen LogP contribution in [0.1, 0.15) is 11.1 Å². The van der Waals surface area contributed by atoms with Gasteiger partial charge in [0.25, 0.3) is 9.84 Å². The zero-order valence-electron chi connectivity index (χ0n) is 13.2. The lowest BCUT2D eigenvalue weighted by atomic mass is 10.1. The topological polar surface area (TPSA) is 47.0 Å². The van der Waals surface area contributed by atoms with Gasteiger partial charge in [0.05, 0.1) is 4.90 Å². The highest BCUT2D eigenvalue weighted by molar-refractivity contribution is 9.11. The monoisotopic (exact) mass is 557 g/mol. The Hall–Kier alpha value is -1.21. The molecule has 0 aliphatic carbocycles. The molecule has 1 aromatic heterocycles. The Balaban J connectivity index is 2.72. The molecule has 154 valence electrons. The van der Waals surface area contributed by atoms with Gasteiger partial charge in [-0.3, -0.25) is 4.98 Å². The molecule has 3 nitrogen and oxygen atoms in total. The minimum Gasteiger partial charge on any atom is -0.264 e. The Morgan fingerprint density at radius 2 is 1.61 bits per heavy atom. The maximum Gasteiger partial charge on any atom is 0.461 e. The number of nitrogens with zero attached hydrogens (tertiary/aromatic N) is 1. The minimum absolute atomic E-state index is 0.0876. The Kier molecular flexibility index (Phi) is 6.23. The van der Waals surface area contributed by atoms with Gasteiger partial charge in [0, 0.05) is 27.8 Å². The summed E-state index contributed by atoms with van der Waals surface area (Å²) >= 11 is 5.76. The summed E-state index contributed by atoms with van der Waals surface area (Å²) in [4.78, 5) is 2.38. The molecule has 0 atom stereocenters. The Bertz CT molecular complexity index is 980. The van der Waals surface area contributed by atoms with Crippen molar-refractivity contribution < 1.29 is 39.2 Å². The van der Waals surface area contributed by atoms with Gasteiger partial charge in [-0.05, 0) is 29.3 Å². The van der Waals surface area contributed by atoms with Gasteiger partial charge < -0.3 is 0 Å². The molecule has 13 heteroatoms. The fourth-order valence-corrected chi connectivity index (χ4v) is 5.34. The maximum atomic E-state index is 14.0. The second-order valence-corrected chi connectivity index (χ2v) is 9.22. The fourth-order valence-electron chi connectivity index (χ4n) is 2.17. The second kappa shape index (κ2) is 7.56. The molecule has 2 aromatic rings. The van der Waals surface area contributed by atoms with E-state index in [9.17, 15) is 39.2 Å². The highest BCUT2D eigenvalue weighted by Gasteiger charge is 2.78. The van der Waals surface area contributed by atoms with Crippen LogP contribution in [0.3, 0.4) is 0 Å². The Morgan fingerprint density at radius 1 is 1.00 bits per heavy atom. The molecule has 0 aliphatic heterocycles. The molecule has 0 fully saturated rings. The molecule has 0 saturated heterocycles. The third kappa shape index (κ3) is 3.92. The Morgan fingerprint density at radius 3 is 2.11 bits per heavy atom. The van der Waals surface area contributed by atoms with E-state index in [4.69, 9.17) is 0 Å². The highest BCUT2D eigenvalue weighted by Crippen LogP contribution is 2.51. The zero-order valence-corrected chi connectivity index (χ0v) is 17.2. The van der Waals surface area contributed by atoms with Gasteiger partial charge >= 0.3 is 17.4 Å². The van der Waals surface area contributed by atoms with Crippen molar-refractivity contribution in [1.29, 1.82) is 0 Å². The number of rotatable bonds is 5. The predicted molar refractivity (Wildman–Crippen MR) is 92.0 cm³/mol. The van der Waals surface area contributed by atoms with Crippen LogP contribution in [0, 0.1) is 0 Å². The number of hydrogen-bond acceptors (Lipinski definition) is 3. The summed E-state index contributed by atoms with van der Waals surface area (Å²) in [6, 6.07) is 4.68. The van der Waals surface area contributed by atoms with Crippen molar-refractivity contribution in [3.63, 3.8) is 0 Å². The summed E-state index contributed by atoms with van der Waals surface area (Å²) < 4.78 is 117. The number of aromatic nitrogens is 1. The lowest BCUT2D eigenvalue weighted by molar-refractivity contribution is -0.332. The van der Waals surface area contributed by atoms with Crippen LogP contribution in [0.25, 0.3) is 0 Å². The van der Waals surface area contributed by atoms with Crippen LogP contribution in [0.4, 0.5) is 30.7 Å². The van der Waals surface area contributed by atoms with Gasteiger partial charge in [0.1, 0.15) is 0 Å². The first-order valence-electron chi connectivity index (χ1n) is 7.06. The summed E-state index contributed by atoms with van der Waals surface area (Å²) in [5.74, 6) is -6.81. The second-order valence-electron chi connectivity index (χ2n) is 5.49. The third-order valence-electron chi connectivity index (χ3n) is 3.57. The first-order valence-corrected chi connectivity index (χ1v) is 10.1. The van der Waals surface area contributed by atoms with E-state index < -0.39 is 37.6 Å². The molecular formula is C15H8Br2F7NO2S. The maximum absolute atomic E-state index is 14.0. The molecule has 0 unspecified atom stereocenters. The smallest absolute Gasteiger partial charge is 0.264 e. The first-order chi connectivity index (χ1) is 12.6. The van der Waals surface area contributed by atoms with E-state index in [0.29, 0.717) is 11.6 Å². The van der Waals surface area contributed by atoms with Crippen LogP contribution in [-0.4, -0.2) is 30.8 Å². The van der Waals surface area contributed by atoms with E-state index in [2.05, 4.69) is 36.8 Å². The standard InChI is InChI=1S/C15H8Br2F7NO2S/c16-9-5-11(17)10(4-8-2-1-3-25-7-8)12(6-9)28(26,27)15(23,24)13(18,19)14(20,21)22/h1-3,5-7H,4H2. The number of hydrogen-bond donors (Lipinski definition) is 0. The minimum atomic E-state index is -6.81. The summed E-state index contributed by atoms with van der Waals surface area (Å²) in [5, 5.41) is -6.44. The largest absolute Gasteiger partial charge is 0.461 e. The number of benzene rings is 1. The molecule has 0 radical (unpaired) electrons. The molecule has 28 heavy (non-hydrogen) atoms. The van der Waals surface area contributed by atoms with Crippen molar-refractivity contribution >= 4 is 41.7 Å². The van der Waals surface area contributed by atoms with E-state index in [1.165, 1.54) is 30.6 Å². The summed E-state index contributed by atoms with van der Waals surface area (Å²) in [7, 11) is -6.46. The van der Waals surface area contributed by atoms with Crippen LogP contribution < -0.4 is 0 Å². The van der Waals surface area contributed by atoms with E-state index in [1.807, 2.05) is 0 Å². The number of alkyl halides is 7. The average Bonchev–Trinajstić information content (AvgIpc) is 2.56. The molecule has 0 N–H and O–H groups in total. The zero-order chi connectivity index (χ0) is 21.5. The van der Waals surface area contributed by atoms with Gasteiger partial charge in [-0.2, -0.15) is 30.7 Å². The average molecular weight is 559 g/mol. The highest BCUT2D eigenvalue weighted by atomic mass is 79.9. The van der Waals surface area contributed by atoms with Crippen molar-refractivity contribution in [3.8, 4) is 0 Å². The van der Waals surface area contributed by atoms with Crippen LogP contribution >= 0.6 is 31.9 Å². The molecule has 0 amide bonds. The van der Waals surface area contributed by atoms with Crippen molar-refractivity contribution in [2.45, 2.75) is 28.7 Å². The SMILES string of the molecule is O=S(=O)(c1cc(Br)cc(Br)c1Cc1cccnc1)C(F)(F)C(F)(F)C(F)(F)F. The fraction of sp³-hybridized carbons (Fsp3) is 0.267. The molecule has 0 bridgehead atoms. The van der Waals surface area contributed by atoms with Crippen LogP contribution in [0.5, 0.6) is 0 Å². The van der Waals surface area contributed by atoms with Gasteiger partial charge in [-0.15, -0.1) is 0 Å². The predicted octanol–water partition coefficient (Wildman–Crippen LogP) is 5.76. The molecule has 1 heterocycles. The first kappa shape index (κ1) is 23.1. The summed E-state index contributed by atoms with van der Waals surface area (Å²) in [6.45, 7) is 0. The molecule has 2 rings (SSSR count). The van der Waals surface area contributed by atoms with E-state index in [0.717, 1.165) is 0 Å². The molecule has 1 aromatic carbocycles. The Labute approximate surface area is 171 Å².